The van der Waals surface area contributed by atoms with Crippen LogP contribution in [0.2, 0.25) is 0 Å². The maximum absolute atomic E-state index is 13.9. The van der Waals surface area contributed by atoms with Gasteiger partial charge in [0, 0.05) is 37.5 Å². The fourth-order valence-corrected chi connectivity index (χ4v) is 3.62. The number of amides is 2. The van der Waals surface area contributed by atoms with Crippen LogP contribution in [0, 0.1) is 17.6 Å². The van der Waals surface area contributed by atoms with Gasteiger partial charge in [-0.15, -0.1) is 0 Å². The molecule has 0 spiro atoms. The number of carbonyl (C=O) groups excluding carboxylic acids is 2. The molecule has 2 heterocycles. The maximum Gasteiger partial charge on any atom is 0.256 e. The first-order valence-corrected chi connectivity index (χ1v) is 9.65. The topological polar surface area (TPSA) is 67.2 Å². The Kier molecular flexibility index (Phi) is 5.56. The summed E-state index contributed by atoms with van der Waals surface area (Å²) >= 11 is 0. The third-order valence-electron chi connectivity index (χ3n) is 5.26. The number of likely N-dealkylation sites (tertiary alicyclic amines) is 1. The van der Waals surface area contributed by atoms with Crippen molar-refractivity contribution in [1.82, 2.24) is 14.5 Å². The van der Waals surface area contributed by atoms with Crippen LogP contribution in [0.1, 0.15) is 23.2 Å². The van der Waals surface area contributed by atoms with E-state index >= 15 is 0 Å². The number of halogens is 2. The van der Waals surface area contributed by atoms with Crippen molar-refractivity contribution in [3.8, 4) is 5.69 Å². The van der Waals surface area contributed by atoms with Crippen LogP contribution in [0.5, 0.6) is 0 Å². The molecule has 0 atom stereocenters. The molecule has 3 aromatic rings. The van der Waals surface area contributed by atoms with Crippen LogP contribution >= 0.6 is 0 Å². The van der Waals surface area contributed by atoms with Gasteiger partial charge in [0.15, 0.2) is 0 Å². The molecule has 0 saturated carbocycles. The van der Waals surface area contributed by atoms with E-state index in [1.807, 2.05) is 28.8 Å². The Labute approximate surface area is 172 Å². The molecule has 8 heteroatoms. The third kappa shape index (κ3) is 4.07. The van der Waals surface area contributed by atoms with Crippen molar-refractivity contribution in [1.29, 1.82) is 0 Å². The van der Waals surface area contributed by atoms with E-state index < -0.39 is 17.5 Å². The summed E-state index contributed by atoms with van der Waals surface area (Å²) < 4.78 is 28.8. The zero-order chi connectivity index (χ0) is 21.1. The van der Waals surface area contributed by atoms with E-state index in [2.05, 4.69) is 10.3 Å². The lowest BCUT2D eigenvalue weighted by Gasteiger charge is -2.31. The van der Waals surface area contributed by atoms with Crippen molar-refractivity contribution < 1.29 is 18.4 Å². The van der Waals surface area contributed by atoms with Crippen LogP contribution in [-0.2, 0) is 4.79 Å². The largest absolute Gasteiger partial charge is 0.339 e. The van der Waals surface area contributed by atoms with E-state index in [0.717, 1.165) is 17.8 Å². The molecule has 4 rings (SSSR count). The van der Waals surface area contributed by atoms with Gasteiger partial charge in [0.05, 0.1) is 23.3 Å². The Bertz CT molecular complexity index is 1060. The highest BCUT2D eigenvalue weighted by Crippen LogP contribution is 2.24. The number of hydrogen-bond acceptors (Lipinski definition) is 3. The monoisotopic (exact) mass is 410 g/mol. The van der Waals surface area contributed by atoms with Crippen LogP contribution in [0.15, 0.2) is 61.2 Å². The third-order valence-corrected chi connectivity index (χ3v) is 5.26. The lowest BCUT2D eigenvalue weighted by atomic mass is 9.95. The average Bonchev–Trinajstić information content (AvgIpc) is 3.28. The Morgan fingerprint density at radius 2 is 1.83 bits per heavy atom. The normalized spacial score (nSPS) is 14.5. The molecule has 1 aliphatic rings. The van der Waals surface area contributed by atoms with Gasteiger partial charge >= 0.3 is 0 Å². The summed E-state index contributed by atoms with van der Waals surface area (Å²) in [5, 5.41) is 2.97. The Hall–Kier alpha value is -3.55. The zero-order valence-corrected chi connectivity index (χ0v) is 16.1. The first-order valence-electron chi connectivity index (χ1n) is 9.65. The minimum absolute atomic E-state index is 0.123. The number of rotatable bonds is 4. The Balaban J connectivity index is 1.39. The molecule has 6 nitrogen and oxygen atoms in total. The predicted octanol–water partition coefficient (Wildman–Crippen LogP) is 3.64. The SMILES string of the molecule is O=C(Nc1ccccc1-n1ccnc1)C1CCN(C(=O)c2ccc(F)cc2F)CC1. The van der Waals surface area contributed by atoms with Gasteiger partial charge in [0.25, 0.3) is 5.91 Å². The van der Waals surface area contributed by atoms with Gasteiger partial charge in [-0.3, -0.25) is 9.59 Å². The van der Waals surface area contributed by atoms with E-state index in [9.17, 15) is 18.4 Å². The predicted molar refractivity (Wildman–Crippen MR) is 107 cm³/mol. The van der Waals surface area contributed by atoms with Crippen LogP contribution in [0.3, 0.4) is 0 Å². The molecule has 1 saturated heterocycles. The van der Waals surface area contributed by atoms with Crippen molar-refractivity contribution in [2.24, 2.45) is 5.92 Å². The fourth-order valence-electron chi connectivity index (χ4n) is 3.62. The highest BCUT2D eigenvalue weighted by Gasteiger charge is 2.29. The van der Waals surface area contributed by atoms with E-state index in [4.69, 9.17) is 0 Å². The number of benzene rings is 2. The first kappa shape index (κ1) is 19.8. The highest BCUT2D eigenvalue weighted by molar-refractivity contribution is 5.96. The summed E-state index contributed by atoms with van der Waals surface area (Å²) in [6, 6.07) is 10.3. The summed E-state index contributed by atoms with van der Waals surface area (Å²) in [4.78, 5) is 30.9. The zero-order valence-electron chi connectivity index (χ0n) is 16.1. The number of aromatic nitrogens is 2. The first-order chi connectivity index (χ1) is 14.5. The molecule has 0 radical (unpaired) electrons. The van der Waals surface area contributed by atoms with E-state index in [0.29, 0.717) is 37.7 Å². The molecule has 0 bridgehead atoms. The number of anilines is 1. The number of carbonyl (C=O) groups is 2. The second-order valence-electron chi connectivity index (χ2n) is 7.17. The van der Waals surface area contributed by atoms with Gasteiger partial charge in [-0.25, -0.2) is 13.8 Å². The summed E-state index contributed by atoms with van der Waals surface area (Å²) in [5.74, 6) is -2.48. The van der Waals surface area contributed by atoms with Crippen LogP contribution in [0.25, 0.3) is 5.69 Å². The van der Waals surface area contributed by atoms with Crippen molar-refractivity contribution >= 4 is 17.5 Å². The summed E-state index contributed by atoms with van der Waals surface area (Å²) in [5.41, 5.74) is 1.32. The quantitative estimate of drug-likeness (QED) is 0.714. The molecule has 1 aliphatic heterocycles. The molecule has 2 aromatic carbocycles. The molecule has 1 aromatic heterocycles. The molecular weight excluding hydrogens is 390 g/mol. The minimum Gasteiger partial charge on any atom is -0.339 e. The van der Waals surface area contributed by atoms with Crippen molar-refractivity contribution in [3.05, 3.63) is 78.4 Å². The van der Waals surface area contributed by atoms with Crippen LogP contribution in [0.4, 0.5) is 14.5 Å². The Morgan fingerprint density at radius 1 is 1.07 bits per heavy atom. The number of imidazole rings is 1. The van der Waals surface area contributed by atoms with Crippen molar-refractivity contribution in [2.75, 3.05) is 18.4 Å². The smallest absolute Gasteiger partial charge is 0.256 e. The van der Waals surface area contributed by atoms with Crippen molar-refractivity contribution in [2.45, 2.75) is 12.8 Å². The van der Waals surface area contributed by atoms with Crippen molar-refractivity contribution in [3.63, 3.8) is 0 Å². The molecule has 154 valence electrons. The van der Waals surface area contributed by atoms with Gasteiger partial charge in [-0.2, -0.15) is 0 Å². The molecular formula is C22H20F2N4O2. The molecule has 2 amide bonds. The standard InChI is InChI=1S/C22H20F2N4O2/c23-16-5-6-17(18(24)13-16)22(30)27-10-7-15(8-11-27)21(29)26-19-3-1-2-4-20(19)28-12-9-25-14-28/h1-6,9,12-15H,7-8,10-11H2,(H,26,29). The molecule has 1 fully saturated rings. The van der Waals surface area contributed by atoms with E-state index in [1.54, 1.807) is 18.7 Å². The second-order valence-corrected chi connectivity index (χ2v) is 7.17. The molecule has 0 aliphatic carbocycles. The lowest BCUT2D eigenvalue weighted by Crippen LogP contribution is -2.41. The maximum atomic E-state index is 13.9. The molecule has 30 heavy (non-hydrogen) atoms. The highest BCUT2D eigenvalue weighted by atomic mass is 19.1. The van der Waals surface area contributed by atoms with Gasteiger partial charge in [0.2, 0.25) is 5.91 Å². The van der Waals surface area contributed by atoms with E-state index in [-0.39, 0.29) is 17.4 Å². The van der Waals surface area contributed by atoms with Gasteiger partial charge < -0.3 is 14.8 Å². The number of nitrogens with one attached hydrogen (secondary N) is 1. The van der Waals surface area contributed by atoms with E-state index in [1.165, 1.54) is 4.90 Å². The number of piperidine rings is 1. The van der Waals surface area contributed by atoms with Crippen LogP contribution in [-0.4, -0.2) is 39.4 Å². The summed E-state index contributed by atoms with van der Waals surface area (Å²) in [6.45, 7) is 0.661. The second kappa shape index (κ2) is 8.44. The number of hydrogen-bond donors (Lipinski definition) is 1. The Morgan fingerprint density at radius 3 is 2.53 bits per heavy atom. The van der Waals surface area contributed by atoms with Gasteiger partial charge in [-0.05, 0) is 37.1 Å². The number of nitrogens with zero attached hydrogens (tertiary/aromatic N) is 3. The lowest BCUT2D eigenvalue weighted by molar-refractivity contribution is -0.121. The van der Waals surface area contributed by atoms with Gasteiger partial charge in [-0.1, -0.05) is 12.1 Å². The fraction of sp³-hybridized carbons (Fsp3) is 0.227. The molecule has 1 N–H and O–H groups in total. The number of para-hydroxylation sites is 2. The summed E-state index contributed by atoms with van der Waals surface area (Å²) in [7, 11) is 0. The minimum atomic E-state index is -0.879. The molecule has 0 unspecified atom stereocenters. The average molecular weight is 410 g/mol. The van der Waals surface area contributed by atoms with Gasteiger partial charge in [0.1, 0.15) is 11.6 Å². The van der Waals surface area contributed by atoms with Crippen LogP contribution < -0.4 is 5.32 Å². The summed E-state index contributed by atoms with van der Waals surface area (Å²) in [6.07, 6.45) is 6.05.